The quantitative estimate of drug-likeness (QED) is 0.697. The Kier molecular flexibility index (Phi) is 5.42. The van der Waals surface area contributed by atoms with Crippen LogP contribution >= 0.6 is 15.9 Å². The van der Waals surface area contributed by atoms with Crippen LogP contribution in [0.2, 0.25) is 0 Å². The zero-order chi connectivity index (χ0) is 21.4. The highest BCUT2D eigenvalue weighted by molar-refractivity contribution is 9.10. The van der Waals surface area contributed by atoms with Gasteiger partial charge in [0.1, 0.15) is 5.82 Å². The minimum Gasteiger partial charge on any atom is -0.315 e. The van der Waals surface area contributed by atoms with Crippen molar-refractivity contribution in [3.05, 3.63) is 70.1 Å². The van der Waals surface area contributed by atoms with Crippen LogP contribution in [0.5, 0.6) is 0 Å². The first kappa shape index (κ1) is 20.3. The van der Waals surface area contributed by atoms with Crippen molar-refractivity contribution in [2.45, 2.75) is 25.3 Å². The lowest BCUT2D eigenvalue weighted by atomic mass is 9.97. The van der Waals surface area contributed by atoms with Gasteiger partial charge in [0.05, 0.1) is 11.7 Å². The minimum atomic E-state index is -0.538. The molecule has 1 atom stereocenters. The van der Waals surface area contributed by atoms with E-state index < -0.39 is 12.1 Å². The van der Waals surface area contributed by atoms with Crippen LogP contribution in [0, 0.1) is 5.82 Å². The maximum Gasteiger partial charge on any atom is 0.326 e. The van der Waals surface area contributed by atoms with Gasteiger partial charge in [-0.05, 0) is 63.8 Å². The molecule has 0 aromatic heterocycles. The highest BCUT2D eigenvalue weighted by Gasteiger charge is 2.30. The number of carbonyl (C=O) groups is 3. The van der Waals surface area contributed by atoms with Crippen molar-refractivity contribution >= 4 is 45.0 Å². The molecule has 2 heterocycles. The van der Waals surface area contributed by atoms with E-state index in [9.17, 15) is 18.8 Å². The second kappa shape index (κ2) is 8.02. The van der Waals surface area contributed by atoms with Gasteiger partial charge in [0.2, 0.25) is 5.91 Å². The van der Waals surface area contributed by atoms with Gasteiger partial charge >= 0.3 is 6.03 Å². The van der Waals surface area contributed by atoms with Crippen molar-refractivity contribution in [1.82, 2.24) is 4.90 Å². The molecule has 1 N–H and O–H groups in total. The molecule has 0 fully saturated rings. The van der Waals surface area contributed by atoms with Gasteiger partial charge < -0.3 is 10.2 Å². The second-order valence-electron chi connectivity index (χ2n) is 7.30. The first-order valence-corrected chi connectivity index (χ1v) is 10.3. The molecule has 154 valence electrons. The topological polar surface area (TPSA) is 69.7 Å². The highest BCUT2D eigenvalue weighted by Crippen LogP contribution is 2.36. The number of halogens is 2. The third-order valence-corrected chi connectivity index (χ3v) is 6.05. The summed E-state index contributed by atoms with van der Waals surface area (Å²) in [4.78, 5) is 40.1. The van der Waals surface area contributed by atoms with Crippen molar-refractivity contribution in [2.24, 2.45) is 0 Å². The number of nitrogens with one attached hydrogen (secondary N) is 1. The fourth-order valence-electron chi connectivity index (χ4n) is 3.73. The molecule has 0 unspecified atom stereocenters. The summed E-state index contributed by atoms with van der Waals surface area (Å²) in [5.41, 5.74) is 2.96. The number of anilines is 2. The number of carbonyl (C=O) groups excluding carboxylic acids is 3. The summed E-state index contributed by atoms with van der Waals surface area (Å²) in [7, 11) is 1.71. The van der Waals surface area contributed by atoms with E-state index in [1.54, 1.807) is 30.1 Å². The number of ketones is 1. The summed E-state index contributed by atoms with van der Waals surface area (Å²) in [5.74, 6) is -0.469. The molecular formula is C22H19BrFN3O3. The normalized spacial score (nSPS) is 18.4. The Morgan fingerprint density at radius 1 is 1.17 bits per heavy atom. The SMILES string of the molecule is CN1C(=O)CCc2cc(Br)c(NC(=O)N3C=CC(=O)C[C@H]3c3ccc(F)cc3)cc21. The predicted octanol–water partition coefficient (Wildman–Crippen LogP) is 4.56. The van der Waals surface area contributed by atoms with E-state index in [-0.39, 0.29) is 23.9 Å². The molecule has 3 amide bonds. The third kappa shape index (κ3) is 3.87. The van der Waals surface area contributed by atoms with E-state index in [4.69, 9.17) is 0 Å². The lowest BCUT2D eigenvalue weighted by molar-refractivity contribution is -0.118. The molecular weight excluding hydrogens is 453 g/mol. The summed E-state index contributed by atoms with van der Waals surface area (Å²) >= 11 is 3.49. The smallest absolute Gasteiger partial charge is 0.315 e. The number of urea groups is 1. The third-order valence-electron chi connectivity index (χ3n) is 5.39. The van der Waals surface area contributed by atoms with Crippen LogP contribution in [-0.4, -0.2) is 29.7 Å². The number of fused-ring (bicyclic) bond motifs is 1. The molecule has 0 spiro atoms. The molecule has 0 saturated heterocycles. The fraction of sp³-hybridized carbons (Fsp3) is 0.227. The number of hydrogen-bond donors (Lipinski definition) is 1. The van der Waals surface area contributed by atoms with Crippen LogP contribution in [0.4, 0.5) is 20.6 Å². The van der Waals surface area contributed by atoms with Crippen LogP contribution in [0.15, 0.2) is 53.1 Å². The van der Waals surface area contributed by atoms with Gasteiger partial charge in [0.25, 0.3) is 0 Å². The van der Waals surface area contributed by atoms with Gasteiger partial charge in [-0.1, -0.05) is 12.1 Å². The van der Waals surface area contributed by atoms with Crippen LogP contribution < -0.4 is 10.2 Å². The van der Waals surface area contributed by atoms with E-state index in [0.29, 0.717) is 28.6 Å². The van der Waals surface area contributed by atoms with Gasteiger partial charge in [0.15, 0.2) is 5.78 Å². The van der Waals surface area contributed by atoms with Gasteiger partial charge in [-0.15, -0.1) is 0 Å². The molecule has 4 rings (SSSR count). The maximum atomic E-state index is 13.3. The number of allylic oxidation sites excluding steroid dienone is 1. The van der Waals surface area contributed by atoms with Crippen molar-refractivity contribution < 1.29 is 18.8 Å². The Balaban J connectivity index is 1.62. The van der Waals surface area contributed by atoms with Gasteiger partial charge in [-0.3, -0.25) is 14.5 Å². The van der Waals surface area contributed by atoms with Crippen LogP contribution in [-0.2, 0) is 16.0 Å². The highest BCUT2D eigenvalue weighted by atomic mass is 79.9. The Morgan fingerprint density at radius 3 is 2.63 bits per heavy atom. The molecule has 6 nitrogen and oxygen atoms in total. The minimum absolute atomic E-state index is 0.0240. The van der Waals surface area contributed by atoms with Crippen LogP contribution in [0.3, 0.4) is 0 Å². The molecule has 2 aliphatic heterocycles. The number of hydrogen-bond acceptors (Lipinski definition) is 3. The van der Waals surface area contributed by atoms with Crippen molar-refractivity contribution in [3.63, 3.8) is 0 Å². The van der Waals surface area contributed by atoms with E-state index >= 15 is 0 Å². The molecule has 2 aromatic rings. The Labute approximate surface area is 181 Å². The molecule has 0 radical (unpaired) electrons. The molecule has 2 aliphatic rings. The maximum absolute atomic E-state index is 13.3. The first-order valence-electron chi connectivity index (χ1n) is 9.48. The standard InChI is InChI=1S/C22H19BrFN3O3/c1-26-19-12-18(17(23)10-14(19)4-7-21(26)29)25-22(30)27-9-8-16(28)11-20(27)13-2-5-15(24)6-3-13/h2-3,5-6,8-10,12,20H,4,7,11H2,1H3,(H,25,30)/t20-/m0/s1. The van der Waals surface area contributed by atoms with Crippen molar-refractivity contribution in [3.8, 4) is 0 Å². The van der Waals surface area contributed by atoms with E-state index in [2.05, 4.69) is 21.2 Å². The second-order valence-corrected chi connectivity index (χ2v) is 8.16. The lowest BCUT2D eigenvalue weighted by Gasteiger charge is -2.32. The average Bonchev–Trinajstić information content (AvgIpc) is 2.72. The average molecular weight is 472 g/mol. The lowest BCUT2D eigenvalue weighted by Crippen LogP contribution is -2.37. The Morgan fingerprint density at radius 2 is 1.90 bits per heavy atom. The van der Waals surface area contributed by atoms with Crippen molar-refractivity contribution in [2.75, 3.05) is 17.3 Å². The van der Waals surface area contributed by atoms with Crippen LogP contribution in [0.1, 0.15) is 30.0 Å². The summed E-state index contributed by atoms with van der Waals surface area (Å²) < 4.78 is 14.0. The molecule has 8 heteroatoms. The number of amides is 3. The largest absolute Gasteiger partial charge is 0.326 e. The number of nitrogens with zero attached hydrogens (tertiary/aromatic N) is 2. The fourth-order valence-corrected chi connectivity index (χ4v) is 4.22. The number of benzene rings is 2. The first-order chi connectivity index (χ1) is 14.3. The zero-order valence-corrected chi connectivity index (χ0v) is 17.8. The Bertz CT molecular complexity index is 1070. The molecule has 0 bridgehead atoms. The van der Waals surface area contributed by atoms with E-state index in [1.807, 2.05) is 6.07 Å². The van der Waals surface area contributed by atoms with E-state index in [0.717, 1.165) is 11.3 Å². The monoisotopic (exact) mass is 471 g/mol. The van der Waals surface area contributed by atoms with Gasteiger partial charge in [0, 0.05) is 36.2 Å². The van der Waals surface area contributed by atoms with Gasteiger partial charge in [-0.2, -0.15) is 0 Å². The summed E-state index contributed by atoms with van der Waals surface area (Å²) in [6.07, 6.45) is 4.01. The van der Waals surface area contributed by atoms with Crippen LogP contribution in [0.25, 0.3) is 0 Å². The summed E-state index contributed by atoms with van der Waals surface area (Å²) in [6, 6.07) is 8.45. The summed E-state index contributed by atoms with van der Waals surface area (Å²) in [5, 5.41) is 2.86. The Hall–Kier alpha value is -3.00. The number of rotatable bonds is 2. The van der Waals surface area contributed by atoms with E-state index in [1.165, 1.54) is 29.3 Å². The number of aryl methyl sites for hydroxylation is 1. The molecule has 2 aromatic carbocycles. The van der Waals surface area contributed by atoms with Crippen molar-refractivity contribution in [1.29, 1.82) is 0 Å². The molecule has 0 aliphatic carbocycles. The zero-order valence-electron chi connectivity index (χ0n) is 16.2. The summed E-state index contributed by atoms with van der Waals surface area (Å²) in [6.45, 7) is 0. The molecule has 0 saturated carbocycles. The molecule has 30 heavy (non-hydrogen) atoms. The predicted molar refractivity (Wildman–Crippen MR) is 115 cm³/mol. The van der Waals surface area contributed by atoms with Gasteiger partial charge in [-0.25, -0.2) is 9.18 Å².